The number of rotatable bonds is 5. The summed E-state index contributed by atoms with van der Waals surface area (Å²) >= 11 is 0. The minimum atomic E-state index is -0.690. The summed E-state index contributed by atoms with van der Waals surface area (Å²) in [4.78, 5) is 40.9. The molecule has 0 radical (unpaired) electrons. The second kappa shape index (κ2) is 9.77. The van der Waals surface area contributed by atoms with Crippen molar-refractivity contribution in [3.63, 3.8) is 0 Å². The number of nitrogens with one attached hydrogen (secondary N) is 2. The van der Waals surface area contributed by atoms with E-state index in [1.807, 2.05) is 55.4 Å². The number of likely N-dealkylation sites (tertiary alicyclic amines) is 1. The van der Waals surface area contributed by atoms with Crippen molar-refractivity contribution >= 4 is 40.1 Å². The molecule has 0 spiro atoms. The molecule has 0 atom stereocenters. The molecule has 0 aliphatic carbocycles. The van der Waals surface area contributed by atoms with Crippen molar-refractivity contribution in [3.8, 4) is 0 Å². The summed E-state index contributed by atoms with van der Waals surface area (Å²) in [5.74, 6) is -0.912. The summed E-state index contributed by atoms with van der Waals surface area (Å²) in [6, 6.07) is 16.6. The second-order valence-corrected chi connectivity index (χ2v) is 8.49. The predicted octanol–water partition coefficient (Wildman–Crippen LogP) is 3.11. The van der Waals surface area contributed by atoms with E-state index in [0.29, 0.717) is 36.7 Å². The lowest BCUT2D eigenvalue weighted by molar-refractivity contribution is -0.136. The molecule has 3 aromatic rings. The van der Waals surface area contributed by atoms with Crippen LogP contribution in [0.25, 0.3) is 11.0 Å². The third-order valence-electron chi connectivity index (χ3n) is 5.94. The quantitative estimate of drug-likeness (QED) is 0.585. The van der Waals surface area contributed by atoms with Crippen molar-refractivity contribution in [2.45, 2.75) is 12.8 Å². The minimum absolute atomic E-state index is 0.117. The van der Waals surface area contributed by atoms with Gasteiger partial charge < -0.3 is 24.9 Å². The first kappa shape index (κ1) is 22.4. The van der Waals surface area contributed by atoms with Crippen LogP contribution in [-0.2, 0) is 9.59 Å². The molecule has 2 aromatic carbocycles. The zero-order valence-electron chi connectivity index (χ0n) is 18.8. The molecular formula is C25H28N4O4. The topological polar surface area (TPSA) is 94.9 Å². The first-order valence-electron chi connectivity index (χ1n) is 11.0. The summed E-state index contributed by atoms with van der Waals surface area (Å²) in [6.07, 6.45) is 1.50. The van der Waals surface area contributed by atoms with Gasteiger partial charge in [0.1, 0.15) is 5.58 Å². The third kappa shape index (κ3) is 5.34. The number of fused-ring (bicyclic) bond motifs is 1. The Morgan fingerprint density at radius 1 is 1.00 bits per heavy atom. The summed E-state index contributed by atoms with van der Waals surface area (Å²) in [6.45, 7) is 1.57. The largest absolute Gasteiger partial charge is 0.451 e. The molecule has 0 bridgehead atoms. The monoisotopic (exact) mass is 448 g/mol. The van der Waals surface area contributed by atoms with Gasteiger partial charge in [-0.15, -0.1) is 0 Å². The Labute approximate surface area is 192 Å². The fraction of sp³-hybridized carbons (Fsp3) is 0.320. The van der Waals surface area contributed by atoms with Gasteiger partial charge in [0, 0.05) is 50.5 Å². The zero-order chi connectivity index (χ0) is 23.4. The lowest BCUT2D eigenvalue weighted by Gasteiger charge is -2.31. The zero-order valence-corrected chi connectivity index (χ0v) is 18.8. The molecule has 1 aliphatic rings. The number of amides is 3. The van der Waals surface area contributed by atoms with Gasteiger partial charge in [0.05, 0.1) is 0 Å². The summed E-state index contributed by atoms with van der Waals surface area (Å²) in [5.41, 5.74) is 2.27. The summed E-state index contributed by atoms with van der Waals surface area (Å²) < 4.78 is 5.69. The molecule has 3 amide bonds. The maximum absolute atomic E-state index is 12.8. The average molecular weight is 449 g/mol. The molecular weight excluding hydrogens is 420 g/mol. The average Bonchev–Trinajstić information content (AvgIpc) is 3.27. The van der Waals surface area contributed by atoms with E-state index in [4.69, 9.17) is 4.42 Å². The van der Waals surface area contributed by atoms with Crippen LogP contribution in [0, 0.1) is 5.92 Å². The highest BCUT2D eigenvalue weighted by Gasteiger charge is 2.26. The number of benzene rings is 2. The highest BCUT2D eigenvalue weighted by molar-refractivity contribution is 6.39. The molecule has 0 unspecified atom stereocenters. The molecule has 1 saturated heterocycles. The number of hydrogen-bond acceptors (Lipinski definition) is 5. The van der Waals surface area contributed by atoms with Crippen molar-refractivity contribution in [1.29, 1.82) is 0 Å². The van der Waals surface area contributed by atoms with Crippen LogP contribution in [0.5, 0.6) is 0 Å². The molecule has 2 heterocycles. The van der Waals surface area contributed by atoms with E-state index in [1.54, 1.807) is 23.1 Å². The van der Waals surface area contributed by atoms with Crippen LogP contribution >= 0.6 is 0 Å². The Kier molecular flexibility index (Phi) is 6.63. The predicted molar refractivity (Wildman–Crippen MR) is 127 cm³/mol. The maximum Gasteiger partial charge on any atom is 0.313 e. The smallest absolute Gasteiger partial charge is 0.313 e. The Morgan fingerprint density at radius 2 is 1.70 bits per heavy atom. The fourth-order valence-electron chi connectivity index (χ4n) is 3.93. The van der Waals surface area contributed by atoms with E-state index in [-0.39, 0.29) is 11.8 Å². The number of para-hydroxylation sites is 1. The molecule has 8 heteroatoms. The van der Waals surface area contributed by atoms with E-state index >= 15 is 0 Å². The molecule has 1 aromatic heterocycles. The molecule has 1 fully saturated rings. The fourth-order valence-corrected chi connectivity index (χ4v) is 3.93. The maximum atomic E-state index is 12.8. The third-order valence-corrected chi connectivity index (χ3v) is 5.94. The molecule has 1 aliphatic heterocycles. The van der Waals surface area contributed by atoms with Gasteiger partial charge in [-0.3, -0.25) is 14.4 Å². The van der Waals surface area contributed by atoms with Gasteiger partial charge in [-0.2, -0.15) is 0 Å². The highest BCUT2D eigenvalue weighted by atomic mass is 16.3. The van der Waals surface area contributed by atoms with Gasteiger partial charge in [-0.25, -0.2) is 0 Å². The Hall–Kier alpha value is -3.81. The van der Waals surface area contributed by atoms with E-state index in [9.17, 15) is 14.4 Å². The number of nitrogens with zero attached hydrogens (tertiary/aromatic N) is 2. The lowest BCUT2D eigenvalue weighted by atomic mass is 9.96. The van der Waals surface area contributed by atoms with Crippen molar-refractivity contribution in [2.24, 2.45) is 5.92 Å². The van der Waals surface area contributed by atoms with Crippen LogP contribution in [-0.4, -0.2) is 56.4 Å². The second-order valence-electron chi connectivity index (χ2n) is 8.49. The number of piperidine rings is 1. The van der Waals surface area contributed by atoms with Crippen LogP contribution in [0.4, 0.5) is 11.4 Å². The van der Waals surface area contributed by atoms with Gasteiger partial charge in [-0.05, 0) is 55.2 Å². The Bertz CT molecular complexity index is 1110. The number of anilines is 2. The Morgan fingerprint density at radius 3 is 2.36 bits per heavy atom. The van der Waals surface area contributed by atoms with Gasteiger partial charge in [0.2, 0.25) is 0 Å². The van der Waals surface area contributed by atoms with Gasteiger partial charge in [0.15, 0.2) is 5.76 Å². The highest BCUT2D eigenvalue weighted by Crippen LogP contribution is 2.23. The van der Waals surface area contributed by atoms with E-state index in [2.05, 4.69) is 10.6 Å². The molecule has 172 valence electrons. The van der Waals surface area contributed by atoms with E-state index in [1.165, 1.54) is 0 Å². The molecule has 33 heavy (non-hydrogen) atoms. The molecule has 4 rings (SSSR count). The standard InChI is InChI=1S/C25H28N4O4/c1-28(2)20-9-7-19(8-10-20)27-24(31)23(30)26-16-17-11-13-29(14-12-17)25(32)22-15-18-5-3-4-6-21(18)33-22/h3-10,15,17H,11-14,16H2,1-2H3,(H,26,30)(H,27,31). The molecule has 0 saturated carbocycles. The number of furan rings is 1. The van der Waals surface area contributed by atoms with Crippen molar-refractivity contribution in [1.82, 2.24) is 10.2 Å². The van der Waals surface area contributed by atoms with Crippen LogP contribution in [0.3, 0.4) is 0 Å². The summed E-state index contributed by atoms with van der Waals surface area (Å²) in [7, 11) is 3.86. The molecule has 2 N–H and O–H groups in total. The first-order valence-corrected chi connectivity index (χ1v) is 11.0. The van der Waals surface area contributed by atoms with Crippen LogP contribution in [0.1, 0.15) is 23.4 Å². The van der Waals surface area contributed by atoms with Crippen molar-refractivity contribution in [3.05, 3.63) is 60.4 Å². The van der Waals surface area contributed by atoms with E-state index < -0.39 is 11.8 Å². The normalized spacial score (nSPS) is 14.2. The Balaban J connectivity index is 1.22. The first-order chi connectivity index (χ1) is 15.9. The van der Waals surface area contributed by atoms with E-state index in [0.717, 1.165) is 23.9 Å². The number of hydrogen-bond donors (Lipinski definition) is 2. The lowest BCUT2D eigenvalue weighted by Crippen LogP contribution is -2.43. The summed E-state index contributed by atoms with van der Waals surface area (Å²) in [5, 5.41) is 6.24. The van der Waals surface area contributed by atoms with Crippen molar-refractivity contribution < 1.29 is 18.8 Å². The van der Waals surface area contributed by atoms with Crippen LogP contribution < -0.4 is 15.5 Å². The minimum Gasteiger partial charge on any atom is -0.451 e. The SMILES string of the molecule is CN(C)c1ccc(NC(=O)C(=O)NCC2CCN(C(=O)c3cc4ccccc4o3)CC2)cc1. The van der Waals surface area contributed by atoms with Gasteiger partial charge in [0.25, 0.3) is 5.91 Å². The molecule has 8 nitrogen and oxygen atoms in total. The van der Waals surface area contributed by atoms with Gasteiger partial charge in [-0.1, -0.05) is 18.2 Å². The van der Waals surface area contributed by atoms with Crippen molar-refractivity contribution in [2.75, 3.05) is 43.9 Å². The number of carbonyl (C=O) groups excluding carboxylic acids is 3. The van der Waals surface area contributed by atoms with Crippen LogP contribution in [0.2, 0.25) is 0 Å². The number of carbonyl (C=O) groups is 3. The van der Waals surface area contributed by atoms with Gasteiger partial charge >= 0.3 is 11.8 Å². The van der Waals surface area contributed by atoms with Crippen LogP contribution in [0.15, 0.2) is 59.0 Å².